The van der Waals surface area contributed by atoms with Crippen LogP contribution in [0.4, 0.5) is 0 Å². The van der Waals surface area contributed by atoms with Crippen LogP contribution in [0.3, 0.4) is 0 Å². The number of hydrogen-bond acceptors (Lipinski definition) is 6. The minimum atomic E-state index is -1.49. The van der Waals surface area contributed by atoms with Gasteiger partial charge in [0.2, 0.25) is 11.8 Å². The zero-order valence-electron chi connectivity index (χ0n) is 28.3. The summed E-state index contributed by atoms with van der Waals surface area (Å²) >= 11 is 0. The minimum Gasteiger partial charge on any atom is -0.480 e. The molecule has 1 saturated carbocycles. The molecule has 0 aromatic rings. The summed E-state index contributed by atoms with van der Waals surface area (Å²) in [4.78, 5) is 51.2. The Balaban J connectivity index is 0.00000422. The summed E-state index contributed by atoms with van der Waals surface area (Å²) in [5.41, 5.74) is 2.26. The first-order chi connectivity index (χ1) is 20.3. The minimum absolute atomic E-state index is 0.177. The van der Waals surface area contributed by atoms with Crippen molar-refractivity contribution in [1.29, 1.82) is 0 Å². The number of nitrogens with one attached hydrogen (secondary N) is 2. The molecule has 0 heterocycles. The van der Waals surface area contributed by atoms with Crippen LogP contribution in [-0.2, 0) is 28.7 Å². The molecule has 0 spiro atoms. The molecule has 0 aromatic heterocycles. The molecule has 0 aliphatic heterocycles. The summed E-state index contributed by atoms with van der Waals surface area (Å²) in [6.45, 7) is 18.2. The van der Waals surface area contributed by atoms with Gasteiger partial charge < -0.3 is 19.9 Å². The fourth-order valence-electron chi connectivity index (χ4n) is 4.78. The van der Waals surface area contributed by atoms with Gasteiger partial charge in [0, 0.05) is 12.8 Å². The monoisotopic (exact) mass is 609 g/mol. The molecule has 2 aliphatic rings. The van der Waals surface area contributed by atoms with Gasteiger partial charge in [-0.1, -0.05) is 79.0 Å². The molecule has 3 N–H and O–H groups in total. The molecule has 2 rings (SSSR count). The molecule has 0 radical (unpaired) electrons. The Kier molecular flexibility index (Phi) is 19.7. The molecule has 0 saturated heterocycles. The van der Waals surface area contributed by atoms with Crippen molar-refractivity contribution in [3.8, 4) is 0 Å². The maximum Gasteiger partial charge on any atom is 0.331 e. The Morgan fingerprint density at radius 2 is 1.60 bits per heavy atom. The lowest BCUT2D eigenvalue weighted by Crippen LogP contribution is -2.65. The zero-order valence-corrected chi connectivity index (χ0v) is 28.3. The van der Waals surface area contributed by atoms with E-state index >= 15 is 0 Å². The molecule has 2 aliphatic carbocycles. The van der Waals surface area contributed by atoms with E-state index in [4.69, 9.17) is 9.47 Å². The van der Waals surface area contributed by atoms with Gasteiger partial charge in [-0.15, -0.1) is 0 Å². The molecule has 3 unspecified atom stereocenters. The molecule has 10 nitrogen and oxygen atoms in total. The zero-order chi connectivity index (χ0) is 33.2. The van der Waals surface area contributed by atoms with Crippen LogP contribution >= 0.6 is 0 Å². The van der Waals surface area contributed by atoms with Crippen molar-refractivity contribution in [2.75, 3.05) is 13.2 Å². The van der Waals surface area contributed by atoms with E-state index in [1.807, 2.05) is 45.9 Å². The number of carbonyl (C=O) groups is 4. The maximum absolute atomic E-state index is 13.6. The fourth-order valence-corrected chi connectivity index (χ4v) is 4.78. The van der Waals surface area contributed by atoms with E-state index in [2.05, 4.69) is 10.7 Å². The van der Waals surface area contributed by atoms with E-state index in [-0.39, 0.29) is 12.5 Å². The molecule has 0 aromatic carbocycles. The average Bonchev–Trinajstić information content (AvgIpc) is 3.00. The molecular weight excluding hydrogens is 550 g/mol. The van der Waals surface area contributed by atoms with Crippen LogP contribution in [0.1, 0.15) is 114 Å². The van der Waals surface area contributed by atoms with Crippen molar-refractivity contribution in [3.63, 3.8) is 0 Å². The van der Waals surface area contributed by atoms with Crippen LogP contribution < -0.4 is 10.7 Å². The van der Waals surface area contributed by atoms with Gasteiger partial charge in [-0.05, 0) is 57.9 Å². The van der Waals surface area contributed by atoms with Gasteiger partial charge in [-0.25, -0.2) is 9.80 Å². The summed E-state index contributed by atoms with van der Waals surface area (Å²) < 4.78 is 12.0. The predicted molar refractivity (Wildman–Crippen MR) is 170 cm³/mol. The maximum atomic E-state index is 13.6. The number of rotatable bonds is 13. The third-order valence-corrected chi connectivity index (χ3v) is 7.31. The highest BCUT2D eigenvalue weighted by atomic mass is 16.5. The summed E-state index contributed by atoms with van der Waals surface area (Å²) in [5.74, 6) is -3.15. The van der Waals surface area contributed by atoms with Crippen LogP contribution in [0.5, 0.6) is 0 Å². The van der Waals surface area contributed by atoms with Crippen LogP contribution in [0, 0.1) is 11.8 Å². The third-order valence-electron chi connectivity index (χ3n) is 7.31. The van der Waals surface area contributed by atoms with Crippen LogP contribution in [-0.4, -0.2) is 70.8 Å². The number of ether oxygens (including phenoxy) is 2. The van der Waals surface area contributed by atoms with Crippen molar-refractivity contribution in [2.45, 2.75) is 138 Å². The average molecular weight is 610 g/mol. The number of allylic oxidation sites excluding steroid dienone is 2. The lowest BCUT2D eigenvalue weighted by molar-refractivity contribution is -0.164. The highest BCUT2D eigenvalue weighted by Gasteiger charge is 2.42. The summed E-state index contributed by atoms with van der Waals surface area (Å²) in [7, 11) is 0. The van der Waals surface area contributed by atoms with Gasteiger partial charge in [0.25, 0.3) is 5.91 Å². The second-order valence-corrected chi connectivity index (χ2v) is 11.4. The Morgan fingerprint density at radius 1 is 1.00 bits per heavy atom. The SMILES string of the molecule is CC.CC.CC(=O)N(NC(=O)C(NC(=O)C(C)C)C(C)(C)OCC1CCCCC1)C(C(=O)O)C(C)OCC1=CCCC=C1. The number of carbonyl (C=O) groups excluding carboxylic acids is 3. The van der Waals surface area contributed by atoms with E-state index in [0.29, 0.717) is 12.5 Å². The molecule has 0 bridgehead atoms. The summed E-state index contributed by atoms with van der Waals surface area (Å²) in [5, 5.41) is 13.5. The molecule has 43 heavy (non-hydrogen) atoms. The van der Waals surface area contributed by atoms with Crippen molar-refractivity contribution < 1.29 is 33.8 Å². The van der Waals surface area contributed by atoms with Crippen LogP contribution in [0.15, 0.2) is 23.8 Å². The Morgan fingerprint density at radius 3 is 2.09 bits per heavy atom. The quantitative estimate of drug-likeness (QED) is 0.233. The molecule has 1 fully saturated rings. The smallest absolute Gasteiger partial charge is 0.331 e. The molecule has 248 valence electrons. The molecule has 3 amide bonds. The Labute approximate surface area is 260 Å². The highest BCUT2D eigenvalue weighted by molar-refractivity contribution is 5.91. The van der Waals surface area contributed by atoms with E-state index in [1.165, 1.54) is 13.3 Å². The summed E-state index contributed by atoms with van der Waals surface area (Å²) in [6.07, 6.45) is 12.4. The highest BCUT2D eigenvalue weighted by Crippen LogP contribution is 2.27. The van der Waals surface area contributed by atoms with Gasteiger partial charge in [0.1, 0.15) is 6.04 Å². The standard InChI is InChI=1S/C29H47N3O7.2C2H6/c1-19(2)26(34)30-25(29(5,6)39-18-23-15-11-8-12-16-23)27(35)31-32(21(4)33)24(28(36)37)20(3)38-17-22-13-9-7-10-14-22;2*1-2/h9,13-14,19-20,23-25H,7-8,10-12,15-18H2,1-6H3,(H,30,34)(H,31,35)(H,36,37);2*1-2H3. The van der Waals surface area contributed by atoms with Gasteiger partial charge in [-0.2, -0.15) is 0 Å². The van der Waals surface area contributed by atoms with E-state index in [0.717, 1.165) is 49.1 Å². The van der Waals surface area contributed by atoms with Crippen molar-refractivity contribution in [2.24, 2.45) is 11.8 Å². The fraction of sp³-hybridized carbons (Fsp3) is 0.758. The number of amides is 3. The number of hydrogen-bond donors (Lipinski definition) is 3. The summed E-state index contributed by atoms with van der Waals surface area (Å²) in [6, 6.07) is -2.67. The van der Waals surface area contributed by atoms with Crippen molar-refractivity contribution >= 4 is 23.7 Å². The Hall–Kier alpha value is -2.72. The number of hydrazine groups is 1. The number of aliphatic carboxylic acids is 1. The lowest BCUT2D eigenvalue weighted by Gasteiger charge is -2.38. The van der Waals surface area contributed by atoms with E-state index in [1.54, 1.807) is 34.6 Å². The van der Waals surface area contributed by atoms with Crippen LogP contribution in [0.2, 0.25) is 0 Å². The second kappa shape index (κ2) is 21.1. The molecule has 10 heteroatoms. The molecule has 3 atom stereocenters. The first-order valence-electron chi connectivity index (χ1n) is 16.1. The first-order valence-corrected chi connectivity index (χ1v) is 16.1. The van der Waals surface area contributed by atoms with Gasteiger partial charge in [0.05, 0.1) is 24.9 Å². The van der Waals surface area contributed by atoms with Crippen LogP contribution in [0.25, 0.3) is 0 Å². The van der Waals surface area contributed by atoms with E-state index in [9.17, 15) is 24.3 Å². The topological polar surface area (TPSA) is 134 Å². The molecular formula is C33H59N3O7. The van der Waals surface area contributed by atoms with Crippen molar-refractivity contribution in [3.05, 3.63) is 23.8 Å². The van der Waals surface area contributed by atoms with E-state index < -0.39 is 47.5 Å². The third kappa shape index (κ3) is 14.1. The Bertz CT molecular complexity index is 923. The predicted octanol–water partition coefficient (Wildman–Crippen LogP) is 5.57. The lowest BCUT2D eigenvalue weighted by atomic mass is 9.89. The largest absolute Gasteiger partial charge is 0.480 e. The second-order valence-electron chi connectivity index (χ2n) is 11.4. The van der Waals surface area contributed by atoms with Gasteiger partial charge in [-0.3, -0.25) is 19.8 Å². The number of carboxylic acid groups (broad SMARTS) is 1. The first kappa shape index (κ1) is 40.3. The van der Waals surface area contributed by atoms with Gasteiger partial charge >= 0.3 is 5.97 Å². The normalized spacial score (nSPS) is 17.1. The van der Waals surface area contributed by atoms with Gasteiger partial charge in [0.15, 0.2) is 6.04 Å². The number of nitrogens with zero attached hydrogens (tertiary/aromatic N) is 1. The van der Waals surface area contributed by atoms with Crippen molar-refractivity contribution in [1.82, 2.24) is 15.8 Å². The number of carboxylic acids is 1.